The molecule has 1 N–H and O–H groups in total. The molecule has 0 saturated carbocycles. The Labute approximate surface area is 125 Å². The molecule has 1 aromatic rings. The molecule has 1 aromatic carbocycles. The number of nitrogens with zero attached hydrogens (tertiary/aromatic N) is 1. The third-order valence-electron chi connectivity index (χ3n) is 2.77. The van der Waals surface area contributed by atoms with Gasteiger partial charge in [0.1, 0.15) is 11.4 Å². The van der Waals surface area contributed by atoms with E-state index in [-0.39, 0.29) is 11.4 Å². The summed E-state index contributed by atoms with van der Waals surface area (Å²) >= 11 is 0. The van der Waals surface area contributed by atoms with Crippen LogP contribution in [0.4, 0.5) is 5.69 Å². The molecule has 1 unspecified atom stereocenters. The smallest absolute Gasteiger partial charge is 0.245 e. The summed E-state index contributed by atoms with van der Waals surface area (Å²) in [5.74, 6) is 0.0814. The molecule has 0 fully saturated rings. The van der Waals surface area contributed by atoms with Crippen LogP contribution >= 0.6 is 0 Å². The van der Waals surface area contributed by atoms with E-state index in [9.17, 15) is 21.9 Å². The Morgan fingerprint density at radius 3 is 2.10 bits per heavy atom. The minimum absolute atomic E-state index is 0.0814. The summed E-state index contributed by atoms with van der Waals surface area (Å²) < 4.78 is 52.6. The van der Waals surface area contributed by atoms with Crippen LogP contribution in [-0.4, -0.2) is 41.6 Å². The van der Waals surface area contributed by atoms with Crippen LogP contribution in [-0.2, 0) is 20.0 Å². The molecule has 0 heterocycles. The van der Waals surface area contributed by atoms with E-state index in [1.54, 1.807) is 13.0 Å². The highest BCUT2D eigenvalue weighted by molar-refractivity contribution is 8.09. The molecule has 0 amide bonds. The topological polar surface area (TPSA) is 101 Å². The third kappa shape index (κ3) is 4.08. The molecule has 120 valence electrons. The highest BCUT2D eigenvalue weighted by Crippen LogP contribution is 2.34. The Morgan fingerprint density at radius 2 is 1.71 bits per heavy atom. The molecule has 0 aromatic heterocycles. The largest absolute Gasteiger partial charge is 0.495 e. The average Bonchev–Trinajstić information content (AvgIpc) is 2.34. The molecule has 1 rings (SSSR count). The number of ether oxygens (including phenoxy) is 1. The maximum absolute atomic E-state index is 11.8. The highest BCUT2D eigenvalue weighted by atomic mass is 32.3. The number of aliphatic hydroxyl groups is 1. The van der Waals surface area contributed by atoms with Gasteiger partial charge in [0.25, 0.3) is 0 Å². The van der Waals surface area contributed by atoms with Crippen LogP contribution in [0.25, 0.3) is 0 Å². The van der Waals surface area contributed by atoms with E-state index in [1.807, 2.05) is 0 Å². The molecule has 0 aliphatic rings. The Bertz CT molecular complexity index is 679. The minimum Gasteiger partial charge on any atom is -0.495 e. The molecule has 9 heteroatoms. The zero-order valence-corrected chi connectivity index (χ0v) is 13.9. The van der Waals surface area contributed by atoms with Crippen LogP contribution in [0.3, 0.4) is 0 Å². The summed E-state index contributed by atoms with van der Waals surface area (Å²) in [5, 5.41) is 9.85. The number of aliphatic hydroxyl groups excluding tert-OH is 1. The summed E-state index contributed by atoms with van der Waals surface area (Å²) in [4.78, 5) is 0. The molecule has 0 aliphatic carbocycles. The summed E-state index contributed by atoms with van der Waals surface area (Å²) in [6.07, 6.45) is 1.16. The molecular weight excluding hydrogens is 318 g/mol. The second-order valence-electron chi connectivity index (χ2n) is 4.58. The Hall–Kier alpha value is -1.32. The van der Waals surface area contributed by atoms with Gasteiger partial charge >= 0.3 is 0 Å². The van der Waals surface area contributed by atoms with Gasteiger partial charge in [-0.3, -0.25) is 0 Å². The monoisotopic (exact) mass is 337 g/mol. The summed E-state index contributed by atoms with van der Waals surface area (Å²) in [6.45, 7) is 1.75. The van der Waals surface area contributed by atoms with Gasteiger partial charge in [0.05, 0.1) is 25.7 Å². The molecule has 0 bridgehead atoms. The summed E-state index contributed by atoms with van der Waals surface area (Å²) in [6, 6.07) is 4.28. The van der Waals surface area contributed by atoms with Crippen molar-refractivity contribution in [1.29, 1.82) is 0 Å². The quantitative estimate of drug-likeness (QED) is 0.826. The fourth-order valence-corrected chi connectivity index (χ4v) is 4.86. The van der Waals surface area contributed by atoms with Gasteiger partial charge in [0.2, 0.25) is 20.0 Å². The second-order valence-corrected chi connectivity index (χ2v) is 8.47. The normalized spacial score (nSPS) is 13.8. The van der Waals surface area contributed by atoms with Gasteiger partial charge in [0.15, 0.2) is 0 Å². The SMILES string of the molecule is CCC(O)c1ccc(OC)c(N(S(C)(=O)=O)S(C)(=O)=O)c1. The van der Waals surface area contributed by atoms with Crippen molar-refractivity contribution in [3.8, 4) is 5.75 Å². The van der Waals surface area contributed by atoms with E-state index < -0.39 is 26.2 Å². The van der Waals surface area contributed by atoms with Crippen molar-refractivity contribution < 1.29 is 26.7 Å². The lowest BCUT2D eigenvalue weighted by molar-refractivity contribution is 0.173. The molecule has 1 atom stereocenters. The molecule has 0 radical (unpaired) electrons. The number of sulfonamides is 2. The van der Waals surface area contributed by atoms with Gasteiger partial charge in [0, 0.05) is 0 Å². The predicted octanol–water partition coefficient (Wildman–Crippen LogP) is 0.864. The van der Waals surface area contributed by atoms with Gasteiger partial charge in [-0.25, -0.2) is 16.8 Å². The van der Waals surface area contributed by atoms with E-state index in [0.29, 0.717) is 15.7 Å². The molecule has 0 saturated heterocycles. The van der Waals surface area contributed by atoms with Crippen LogP contribution in [0.1, 0.15) is 25.0 Å². The first kappa shape index (κ1) is 17.7. The fraction of sp³-hybridized carbons (Fsp3) is 0.500. The Morgan fingerprint density at radius 1 is 1.19 bits per heavy atom. The van der Waals surface area contributed by atoms with E-state index in [0.717, 1.165) is 12.5 Å². The standard InChI is InChI=1S/C12H19NO6S2/c1-5-11(14)9-6-7-12(19-2)10(8-9)13(20(3,15)16)21(4,17)18/h6-8,11,14H,5H2,1-4H3. The van der Waals surface area contributed by atoms with Crippen molar-refractivity contribution >= 4 is 25.7 Å². The van der Waals surface area contributed by atoms with E-state index >= 15 is 0 Å². The number of anilines is 1. The van der Waals surface area contributed by atoms with Crippen LogP contribution in [0.15, 0.2) is 18.2 Å². The fourth-order valence-electron chi connectivity index (χ4n) is 1.90. The Balaban J connectivity index is 3.64. The van der Waals surface area contributed by atoms with Crippen molar-refractivity contribution in [3.63, 3.8) is 0 Å². The second kappa shape index (κ2) is 6.20. The zero-order valence-electron chi connectivity index (χ0n) is 12.3. The van der Waals surface area contributed by atoms with Crippen molar-refractivity contribution in [2.75, 3.05) is 23.3 Å². The molecule has 0 spiro atoms. The maximum atomic E-state index is 11.8. The zero-order chi connectivity index (χ0) is 16.4. The maximum Gasteiger partial charge on any atom is 0.245 e. The van der Waals surface area contributed by atoms with Crippen LogP contribution < -0.4 is 8.45 Å². The van der Waals surface area contributed by atoms with Crippen LogP contribution in [0, 0.1) is 0 Å². The van der Waals surface area contributed by atoms with Crippen molar-refractivity contribution in [3.05, 3.63) is 23.8 Å². The first-order chi connectivity index (χ1) is 9.52. The van der Waals surface area contributed by atoms with Crippen LogP contribution in [0.2, 0.25) is 0 Å². The number of methoxy groups -OCH3 is 1. The van der Waals surface area contributed by atoms with Crippen molar-refractivity contribution in [2.24, 2.45) is 0 Å². The van der Waals surface area contributed by atoms with Gasteiger partial charge in [-0.1, -0.05) is 13.0 Å². The molecular formula is C12H19NO6S2. The van der Waals surface area contributed by atoms with E-state index in [1.165, 1.54) is 19.2 Å². The highest BCUT2D eigenvalue weighted by Gasteiger charge is 2.30. The lowest BCUT2D eigenvalue weighted by Gasteiger charge is -2.23. The van der Waals surface area contributed by atoms with Crippen molar-refractivity contribution in [2.45, 2.75) is 19.4 Å². The lowest BCUT2D eigenvalue weighted by atomic mass is 10.1. The van der Waals surface area contributed by atoms with Gasteiger partial charge < -0.3 is 9.84 Å². The molecule has 21 heavy (non-hydrogen) atoms. The summed E-state index contributed by atoms with van der Waals surface area (Å²) in [5.41, 5.74) is 0.262. The Kier molecular flexibility index (Phi) is 5.24. The van der Waals surface area contributed by atoms with E-state index in [4.69, 9.17) is 4.74 Å². The first-order valence-corrected chi connectivity index (χ1v) is 9.78. The lowest BCUT2D eigenvalue weighted by Crippen LogP contribution is -2.35. The summed E-state index contributed by atoms with van der Waals surface area (Å²) in [7, 11) is -6.84. The number of hydrogen-bond donors (Lipinski definition) is 1. The number of benzene rings is 1. The third-order valence-corrected chi connectivity index (χ3v) is 6.00. The minimum atomic E-state index is -4.07. The number of hydrogen-bond acceptors (Lipinski definition) is 6. The van der Waals surface area contributed by atoms with Gasteiger partial charge in [-0.15, -0.1) is 0 Å². The number of rotatable bonds is 6. The van der Waals surface area contributed by atoms with Crippen molar-refractivity contribution in [1.82, 2.24) is 0 Å². The predicted molar refractivity (Wildman–Crippen MR) is 80.4 cm³/mol. The van der Waals surface area contributed by atoms with E-state index in [2.05, 4.69) is 0 Å². The molecule has 7 nitrogen and oxygen atoms in total. The average molecular weight is 337 g/mol. The van der Waals surface area contributed by atoms with Crippen LogP contribution in [0.5, 0.6) is 5.75 Å². The molecule has 0 aliphatic heterocycles. The van der Waals surface area contributed by atoms with Gasteiger partial charge in [-0.2, -0.15) is 3.71 Å². The first-order valence-electron chi connectivity index (χ1n) is 6.08. The van der Waals surface area contributed by atoms with Gasteiger partial charge in [-0.05, 0) is 24.1 Å².